The van der Waals surface area contributed by atoms with Gasteiger partial charge in [0.25, 0.3) is 0 Å². The summed E-state index contributed by atoms with van der Waals surface area (Å²) in [4.78, 5) is 25.3. The van der Waals surface area contributed by atoms with Gasteiger partial charge in [-0.2, -0.15) is 0 Å². The van der Waals surface area contributed by atoms with E-state index in [1.807, 2.05) is 56.5 Å². The van der Waals surface area contributed by atoms with E-state index in [1.165, 1.54) is 6.33 Å². The molecule has 0 saturated heterocycles. The number of hydrogen-bond acceptors (Lipinski definition) is 8. The van der Waals surface area contributed by atoms with Crippen molar-refractivity contribution in [2.45, 2.75) is 66.7 Å². The maximum atomic E-state index is 14.3. The van der Waals surface area contributed by atoms with Crippen molar-refractivity contribution in [3.8, 4) is 0 Å². The van der Waals surface area contributed by atoms with E-state index in [9.17, 15) is 9.36 Å². The van der Waals surface area contributed by atoms with E-state index in [0.29, 0.717) is 30.1 Å². The number of ether oxygens (including phenoxy) is 2. The molecular weight excluding hydrogens is 491 g/mol. The molecule has 3 aromatic rings. The molecule has 3 rings (SSSR count). The quantitative estimate of drug-likeness (QED) is 0.238. The van der Waals surface area contributed by atoms with Gasteiger partial charge in [-0.1, -0.05) is 36.8 Å². The Balaban J connectivity index is 1.76. The molecule has 0 spiro atoms. The fraction of sp³-hybridized carbons (Fsp3) is 0.538. The third-order valence-electron chi connectivity index (χ3n) is 6.10. The van der Waals surface area contributed by atoms with Gasteiger partial charge in [0.05, 0.1) is 31.0 Å². The summed E-state index contributed by atoms with van der Waals surface area (Å²) in [6.45, 7) is 12.1. The maximum absolute atomic E-state index is 14.3. The first kappa shape index (κ1) is 28.8. The van der Waals surface area contributed by atoms with Crippen LogP contribution in [-0.2, 0) is 25.4 Å². The van der Waals surface area contributed by atoms with Crippen molar-refractivity contribution < 1.29 is 18.8 Å². The van der Waals surface area contributed by atoms with Crippen LogP contribution in [0.4, 0.5) is 5.82 Å². The number of carbonyl (C=O) groups is 1. The first-order chi connectivity index (χ1) is 17.4. The lowest BCUT2D eigenvalue weighted by molar-refractivity contribution is -0.152. The number of hydrogen-bond donors (Lipinski definition) is 2. The van der Waals surface area contributed by atoms with Gasteiger partial charge in [-0.15, -0.1) is 0 Å². The summed E-state index contributed by atoms with van der Waals surface area (Å²) >= 11 is 0. The highest BCUT2D eigenvalue weighted by Gasteiger charge is 2.39. The van der Waals surface area contributed by atoms with Gasteiger partial charge in [0.1, 0.15) is 18.2 Å². The minimum Gasteiger partial charge on any atom is -0.465 e. The van der Waals surface area contributed by atoms with Gasteiger partial charge in [-0.25, -0.2) is 15.0 Å². The third-order valence-corrected chi connectivity index (χ3v) is 8.82. The average Bonchev–Trinajstić information content (AvgIpc) is 3.25. The van der Waals surface area contributed by atoms with Gasteiger partial charge < -0.3 is 24.3 Å². The van der Waals surface area contributed by atoms with Crippen LogP contribution < -0.4 is 10.8 Å². The van der Waals surface area contributed by atoms with Crippen molar-refractivity contribution in [3.63, 3.8) is 0 Å². The van der Waals surface area contributed by atoms with E-state index in [1.54, 1.807) is 20.2 Å². The normalized spacial score (nSPS) is 15.3. The van der Waals surface area contributed by atoms with Gasteiger partial charge in [-0.05, 0) is 46.6 Å². The van der Waals surface area contributed by atoms with E-state index < -0.39 is 12.7 Å². The second-order valence-corrected chi connectivity index (χ2v) is 12.9. The molecule has 0 aliphatic rings. The number of carbonyl (C=O) groups excluding carboxylic acids is 1. The fourth-order valence-corrected chi connectivity index (χ4v) is 7.13. The zero-order chi connectivity index (χ0) is 27.2. The summed E-state index contributed by atoms with van der Waals surface area (Å²) in [5, 5.41) is 3.31. The number of nitrogen functional groups attached to an aromatic ring is 1. The molecule has 2 aromatic heterocycles. The molecule has 11 heteroatoms. The number of aromatic nitrogens is 4. The number of nitrogens with zero attached hydrogens (tertiary/aromatic N) is 4. The van der Waals surface area contributed by atoms with Gasteiger partial charge in [-0.3, -0.25) is 9.88 Å². The Bertz CT molecular complexity index is 1240. The SMILES string of the molecule is CCCOC(=O)C(C)(C)CP(=O)(CO[C@H](C)Cn1cnc2c(N)ncnc21)N[C@H](C)c1ccc(C)cc1. The molecule has 0 bridgehead atoms. The molecule has 3 atom stereocenters. The van der Waals surface area contributed by atoms with E-state index in [2.05, 4.69) is 20.0 Å². The standard InChI is InChI=1S/C26H39N6O4P/c1-7-12-35-25(33)26(5,6)14-37(34,31-20(4)21-10-8-18(2)9-11-21)17-36-19(3)13-32-16-30-22-23(27)28-15-29-24(22)32/h8-11,15-16,19-20H,7,12-14,17H2,1-6H3,(H,31,34)(H2,27,28,29)/t19-,20-,37?/m1/s1. The molecule has 0 aliphatic carbocycles. The number of fused-ring (bicyclic) bond motifs is 1. The van der Waals surface area contributed by atoms with Crippen molar-refractivity contribution in [3.05, 3.63) is 48.0 Å². The summed E-state index contributed by atoms with van der Waals surface area (Å²) in [5.41, 5.74) is 8.23. The summed E-state index contributed by atoms with van der Waals surface area (Å²) in [5.74, 6) is -0.0529. The van der Waals surface area contributed by atoms with E-state index in [-0.39, 0.29) is 30.6 Å². The molecule has 202 valence electrons. The molecule has 0 fully saturated rings. The number of rotatable bonds is 13. The van der Waals surface area contributed by atoms with Crippen LogP contribution in [0.5, 0.6) is 0 Å². The molecule has 3 N–H and O–H groups in total. The summed E-state index contributed by atoms with van der Waals surface area (Å²) in [7, 11) is -3.20. The molecule has 0 aliphatic heterocycles. The van der Waals surface area contributed by atoms with Crippen LogP contribution in [0.2, 0.25) is 0 Å². The fourth-order valence-electron chi connectivity index (χ4n) is 4.11. The van der Waals surface area contributed by atoms with Crippen LogP contribution in [0.25, 0.3) is 11.2 Å². The lowest BCUT2D eigenvalue weighted by atomic mass is 9.97. The molecule has 0 amide bonds. The van der Waals surface area contributed by atoms with E-state index in [4.69, 9.17) is 15.2 Å². The highest BCUT2D eigenvalue weighted by molar-refractivity contribution is 7.61. The maximum Gasteiger partial charge on any atom is 0.312 e. The molecule has 37 heavy (non-hydrogen) atoms. The number of benzene rings is 1. The minimum atomic E-state index is -3.20. The largest absolute Gasteiger partial charge is 0.465 e. The van der Waals surface area contributed by atoms with Crippen molar-refractivity contribution in [2.24, 2.45) is 5.41 Å². The van der Waals surface area contributed by atoms with Crippen LogP contribution >= 0.6 is 7.29 Å². The molecule has 2 heterocycles. The van der Waals surface area contributed by atoms with Crippen LogP contribution in [0.1, 0.15) is 58.2 Å². The van der Waals surface area contributed by atoms with Crippen molar-refractivity contribution in [1.82, 2.24) is 24.6 Å². The highest BCUT2D eigenvalue weighted by Crippen LogP contribution is 2.49. The minimum absolute atomic E-state index is 0.0430. The van der Waals surface area contributed by atoms with E-state index >= 15 is 0 Å². The Hall–Kier alpha value is -2.81. The number of esters is 1. The number of nitrogens with one attached hydrogen (secondary N) is 1. The lowest BCUT2D eigenvalue weighted by Gasteiger charge is -2.31. The second kappa shape index (κ2) is 12.2. The van der Waals surface area contributed by atoms with Gasteiger partial charge in [0.15, 0.2) is 18.8 Å². The molecule has 1 unspecified atom stereocenters. The Morgan fingerprint density at radius 2 is 1.89 bits per heavy atom. The monoisotopic (exact) mass is 530 g/mol. The topological polar surface area (TPSA) is 134 Å². The van der Waals surface area contributed by atoms with Crippen molar-refractivity contribution >= 4 is 30.2 Å². The predicted molar refractivity (Wildman–Crippen MR) is 145 cm³/mol. The number of aryl methyl sites for hydroxylation is 1. The molecule has 1 aromatic carbocycles. The van der Waals surface area contributed by atoms with Crippen LogP contribution in [0, 0.1) is 12.3 Å². The predicted octanol–water partition coefficient (Wildman–Crippen LogP) is 4.69. The Labute approximate surface area is 218 Å². The second-order valence-electron chi connectivity index (χ2n) is 10.3. The summed E-state index contributed by atoms with van der Waals surface area (Å²) in [6, 6.07) is 7.87. The van der Waals surface area contributed by atoms with Crippen LogP contribution in [0.15, 0.2) is 36.9 Å². The van der Waals surface area contributed by atoms with Crippen LogP contribution in [0.3, 0.4) is 0 Å². The molecule has 10 nitrogen and oxygen atoms in total. The summed E-state index contributed by atoms with van der Waals surface area (Å²) < 4.78 is 27.7. The Morgan fingerprint density at radius 1 is 1.19 bits per heavy atom. The molecule has 0 radical (unpaired) electrons. The Kier molecular flexibility index (Phi) is 9.45. The van der Waals surface area contributed by atoms with Crippen LogP contribution in [-0.4, -0.2) is 50.7 Å². The number of nitrogens with two attached hydrogens (primary N) is 1. The highest BCUT2D eigenvalue weighted by atomic mass is 31.2. The number of imidazole rings is 1. The molecular formula is C26H39N6O4P. The molecule has 0 saturated carbocycles. The third kappa shape index (κ3) is 7.60. The number of anilines is 1. The smallest absolute Gasteiger partial charge is 0.312 e. The zero-order valence-electron chi connectivity index (χ0n) is 22.6. The lowest BCUT2D eigenvalue weighted by Crippen LogP contribution is -2.35. The first-order valence-electron chi connectivity index (χ1n) is 12.6. The van der Waals surface area contributed by atoms with Crippen molar-refractivity contribution in [2.75, 3.05) is 24.9 Å². The van der Waals surface area contributed by atoms with Crippen molar-refractivity contribution in [1.29, 1.82) is 0 Å². The van der Waals surface area contributed by atoms with Gasteiger partial charge in [0, 0.05) is 12.2 Å². The van der Waals surface area contributed by atoms with Gasteiger partial charge >= 0.3 is 5.97 Å². The summed E-state index contributed by atoms with van der Waals surface area (Å²) in [6.07, 6.45) is 3.50. The van der Waals surface area contributed by atoms with E-state index in [0.717, 1.165) is 17.5 Å². The average molecular weight is 531 g/mol. The first-order valence-corrected chi connectivity index (χ1v) is 14.6. The zero-order valence-corrected chi connectivity index (χ0v) is 23.5. The Morgan fingerprint density at radius 3 is 2.57 bits per heavy atom. The van der Waals surface area contributed by atoms with Gasteiger partial charge in [0.2, 0.25) is 0 Å².